The molecule has 0 unspecified atom stereocenters. The number of ketones is 1. The summed E-state index contributed by atoms with van der Waals surface area (Å²) in [5.74, 6) is -1.43. The van der Waals surface area contributed by atoms with Crippen molar-refractivity contribution < 1.29 is 32.2 Å². The fourth-order valence-corrected chi connectivity index (χ4v) is 2.98. The molecule has 4 nitrogen and oxygen atoms in total. The third-order valence-corrected chi connectivity index (χ3v) is 3.95. The van der Waals surface area contributed by atoms with Crippen molar-refractivity contribution in [2.45, 2.75) is 38.0 Å². The van der Waals surface area contributed by atoms with Gasteiger partial charge in [-0.2, -0.15) is 0 Å². The molecule has 1 aliphatic rings. The number of esters is 1. The average molecular weight is 330 g/mol. The minimum absolute atomic E-state index is 0.00496. The van der Waals surface area contributed by atoms with Gasteiger partial charge >= 0.3 is 12.3 Å². The number of halogens is 3. The Balaban J connectivity index is 2.18. The van der Waals surface area contributed by atoms with Gasteiger partial charge in [0.05, 0.1) is 7.11 Å². The molecular weight excluding hydrogens is 313 g/mol. The minimum Gasteiger partial charge on any atom is -0.469 e. The Morgan fingerprint density at radius 3 is 2.48 bits per heavy atom. The van der Waals surface area contributed by atoms with Crippen molar-refractivity contribution in [3.63, 3.8) is 0 Å². The molecule has 0 N–H and O–H groups in total. The standard InChI is InChI=1S/C16H17F3O4/c1-22-14(21)9-11-3-2-4-13(20)15(11)10-5-7-12(8-6-10)23-16(17,18)19/h5-8,11,15H,2-4,9H2,1H3/t11-,15-/m0/s1. The maximum absolute atomic E-state index is 12.2. The van der Waals surface area contributed by atoms with Crippen LogP contribution in [0.4, 0.5) is 13.2 Å². The van der Waals surface area contributed by atoms with Crippen molar-refractivity contribution in [3.8, 4) is 5.75 Å². The normalized spacial score (nSPS) is 21.8. The van der Waals surface area contributed by atoms with Crippen molar-refractivity contribution in [2.75, 3.05) is 7.11 Å². The van der Waals surface area contributed by atoms with E-state index >= 15 is 0 Å². The highest BCUT2D eigenvalue weighted by molar-refractivity contribution is 5.87. The number of alkyl halides is 3. The van der Waals surface area contributed by atoms with Gasteiger partial charge in [0.1, 0.15) is 11.5 Å². The molecule has 1 saturated carbocycles. The Kier molecular flexibility index (Phi) is 5.28. The molecule has 0 heterocycles. The highest BCUT2D eigenvalue weighted by Crippen LogP contribution is 2.38. The zero-order valence-corrected chi connectivity index (χ0v) is 12.6. The van der Waals surface area contributed by atoms with Crippen LogP contribution in [0.3, 0.4) is 0 Å². The molecule has 2 atom stereocenters. The molecule has 7 heteroatoms. The summed E-state index contributed by atoms with van der Waals surface area (Å²) in [4.78, 5) is 23.7. The minimum atomic E-state index is -4.75. The van der Waals surface area contributed by atoms with Gasteiger partial charge in [0.2, 0.25) is 0 Å². The number of benzene rings is 1. The van der Waals surface area contributed by atoms with E-state index in [9.17, 15) is 22.8 Å². The number of carbonyl (C=O) groups excluding carboxylic acids is 2. The zero-order chi connectivity index (χ0) is 17.0. The molecule has 1 aliphatic carbocycles. The van der Waals surface area contributed by atoms with Crippen LogP contribution in [0.5, 0.6) is 5.75 Å². The van der Waals surface area contributed by atoms with Crippen LogP contribution in [0.2, 0.25) is 0 Å². The molecule has 1 fully saturated rings. The van der Waals surface area contributed by atoms with Crippen LogP contribution in [0, 0.1) is 5.92 Å². The number of Topliss-reactive ketones (excluding diaryl/α,β-unsaturated/α-hetero) is 1. The highest BCUT2D eigenvalue weighted by atomic mass is 19.4. The monoisotopic (exact) mass is 330 g/mol. The van der Waals surface area contributed by atoms with E-state index in [-0.39, 0.29) is 23.9 Å². The lowest BCUT2D eigenvalue weighted by Gasteiger charge is -2.30. The van der Waals surface area contributed by atoms with Crippen LogP contribution in [-0.4, -0.2) is 25.2 Å². The predicted molar refractivity (Wildman–Crippen MR) is 74.8 cm³/mol. The van der Waals surface area contributed by atoms with E-state index < -0.39 is 18.2 Å². The number of methoxy groups -OCH3 is 1. The predicted octanol–water partition coefficient (Wildman–Crippen LogP) is 3.60. The lowest BCUT2D eigenvalue weighted by molar-refractivity contribution is -0.274. The van der Waals surface area contributed by atoms with Crippen LogP contribution < -0.4 is 4.74 Å². The summed E-state index contributed by atoms with van der Waals surface area (Å²) in [7, 11) is 1.28. The van der Waals surface area contributed by atoms with Crippen molar-refractivity contribution >= 4 is 11.8 Å². The summed E-state index contributed by atoms with van der Waals surface area (Å²) in [6.45, 7) is 0. The molecule has 1 aromatic rings. The molecule has 0 amide bonds. The van der Waals surface area contributed by atoms with Gasteiger partial charge in [-0.15, -0.1) is 13.2 Å². The van der Waals surface area contributed by atoms with Crippen LogP contribution in [-0.2, 0) is 14.3 Å². The summed E-state index contributed by atoms with van der Waals surface area (Å²) in [5.41, 5.74) is 0.595. The third-order valence-electron chi connectivity index (χ3n) is 3.95. The van der Waals surface area contributed by atoms with Gasteiger partial charge in [-0.05, 0) is 36.5 Å². The lowest BCUT2D eigenvalue weighted by atomic mass is 9.73. The van der Waals surface area contributed by atoms with Crippen molar-refractivity contribution in [3.05, 3.63) is 29.8 Å². The molecule has 0 aromatic heterocycles. The van der Waals surface area contributed by atoms with E-state index in [1.807, 2.05) is 0 Å². The quantitative estimate of drug-likeness (QED) is 0.792. The first kappa shape index (κ1) is 17.3. The van der Waals surface area contributed by atoms with E-state index in [1.54, 1.807) is 0 Å². The molecule has 0 saturated heterocycles. The van der Waals surface area contributed by atoms with Crippen LogP contribution in [0.1, 0.15) is 37.2 Å². The molecule has 0 spiro atoms. The summed E-state index contributed by atoms with van der Waals surface area (Å²) in [5, 5.41) is 0. The van der Waals surface area contributed by atoms with Gasteiger partial charge in [-0.3, -0.25) is 9.59 Å². The van der Waals surface area contributed by atoms with E-state index in [1.165, 1.54) is 31.4 Å². The van der Waals surface area contributed by atoms with E-state index in [0.29, 0.717) is 24.8 Å². The second kappa shape index (κ2) is 7.02. The first-order chi connectivity index (χ1) is 10.8. The first-order valence-corrected chi connectivity index (χ1v) is 7.25. The Bertz CT molecular complexity index is 566. The van der Waals surface area contributed by atoms with Crippen molar-refractivity contribution in [1.29, 1.82) is 0 Å². The summed E-state index contributed by atoms with van der Waals surface area (Å²) in [6.07, 6.45) is -2.83. The molecule has 23 heavy (non-hydrogen) atoms. The fourth-order valence-electron chi connectivity index (χ4n) is 2.98. The Morgan fingerprint density at radius 1 is 1.26 bits per heavy atom. The molecule has 1 aromatic carbocycles. The van der Waals surface area contributed by atoms with E-state index in [0.717, 1.165) is 0 Å². The summed E-state index contributed by atoms with van der Waals surface area (Å²) < 4.78 is 45.0. The second-order valence-electron chi connectivity index (χ2n) is 5.49. The number of hydrogen-bond acceptors (Lipinski definition) is 4. The van der Waals surface area contributed by atoms with Gasteiger partial charge in [0.25, 0.3) is 0 Å². The third kappa shape index (κ3) is 4.71. The average Bonchev–Trinajstić information content (AvgIpc) is 2.47. The highest BCUT2D eigenvalue weighted by Gasteiger charge is 2.35. The van der Waals surface area contributed by atoms with Crippen LogP contribution in [0.15, 0.2) is 24.3 Å². The molecule has 0 aliphatic heterocycles. The molecule has 2 rings (SSSR count). The fraction of sp³-hybridized carbons (Fsp3) is 0.500. The van der Waals surface area contributed by atoms with E-state index in [4.69, 9.17) is 0 Å². The van der Waals surface area contributed by atoms with Gasteiger partial charge in [0.15, 0.2) is 0 Å². The smallest absolute Gasteiger partial charge is 0.469 e. The Labute approximate surface area is 131 Å². The largest absolute Gasteiger partial charge is 0.573 e. The first-order valence-electron chi connectivity index (χ1n) is 7.25. The number of hydrogen-bond donors (Lipinski definition) is 0. The zero-order valence-electron chi connectivity index (χ0n) is 12.6. The molecule has 0 radical (unpaired) electrons. The Hall–Kier alpha value is -2.05. The van der Waals surface area contributed by atoms with Gasteiger partial charge in [0, 0.05) is 18.8 Å². The van der Waals surface area contributed by atoms with E-state index in [2.05, 4.69) is 9.47 Å². The second-order valence-corrected chi connectivity index (χ2v) is 5.49. The lowest BCUT2D eigenvalue weighted by Crippen LogP contribution is -2.28. The van der Waals surface area contributed by atoms with Gasteiger partial charge in [-0.25, -0.2) is 0 Å². The topological polar surface area (TPSA) is 52.6 Å². The molecular formula is C16H17F3O4. The summed E-state index contributed by atoms with van der Waals surface area (Å²) >= 11 is 0. The number of rotatable bonds is 4. The van der Waals surface area contributed by atoms with Gasteiger partial charge < -0.3 is 9.47 Å². The number of ether oxygens (including phenoxy) is 2. The molecule has 126 valence electrons. The van der Waals surface area contributed by atoms with Crippen LogP contribution >= 0.6 is 0 Å². The number of carbonyl (C=O) groups is 2. The van der Waals surface area contributed by atoms with Crippen molar-refractivity contribution in [2.24, 2.45) is 5.92 Å². The summed E-state index contributed by atoms with van der Waals surface area (Å²) in [6, 6.07) is 5.25. The van der Waals surface area contributed by atoms with Crippen LogP contribution in [0.25, 0.3) is 0 Å². The maximum Gasteiger partial charge on any atom is 0.573 e. The Morgan fingerprint density at radius 2 is 1.91 bits per heavy atom. The molecule has 0 bridgehead atoms. The van der Waals surface area contributed by atoms with Gasteiger partial charge in [-0.1, -0.05) is 12.1 Å². The SMILES string of the molecule is COC(=O)C[C@@H]1CCCC(=O)[C@H]1c1ccc(OC(F)(F)F)cc1. The van der Waals surface area contributed by atoms with Crippen molar-refractivity contribution in [1.82, 2.24) is 0 Å². The maximum atomic E-state index is 12.2.